The molecule has 0 aliphatic carbocycles. The Balaban J connectivity index is -0.000000240. The summed E-state index contributed by atoms with van der Waals surface area (Å²) >= 11 is 0. The van der Waals surface area contributed by atoms with Crippen LogP contribution in [0.2, 0.25) is 0 Å². The average molecular weight is 308 g/mol. The highest BCUT2D eigenvalue weighted by atomic mass is 16.4. The molecule has 0 fully saturated rings. The Kier molecular flexibility index (Phi) is 14.9. The van der Waals surface area contributed by atoms with Gasteiger partial charge in [0, 0.05) is 5.41 Å². The van der Waals surface area contributed by atoms with Gasteiger partial charge in [-0.1, -0.05) is 48.5 Å². The van der Waals surface area contributed by atoms with Gasteiger partial charge in [0.05, 0.1) is 24.5 Å². The maximum Gasteiger partial charge on any atom is 0.305 e. The summed E-state index contributed by atoms with van der Waals surface area (Å²) in [5, 5.41) is 33.9. The molecule has 0 aliphatic rings. The Morgan fingerprint density at radius 3 is 1.24 bits per heavy atom. The van der Waals surface area contributed by atoms with Crippen LogP contribution in [0, 0.1) is 17.3 Å². The fourth-order valence-electron chi connectivity index (χ4n) is 0.658. The monoisotopic (exact) mass is 308 g/mol. The van der Waals surface area contributed by atoms with Gasteiger partial charge in [-0.15, -0.1) is 0 Å². The third-order valence-corrected chi connectivity index (χ3v) is 2.68. The first kappa shape index (κ1) is 24.9. The zero-order chi connectivity index (χ0) is 17.8. The smallest absolute Gasteiger partial charge is 0.305 e. The number of aliphatic carboxylic acids is 2. The minimum Gasteiger partial charge on any atom is -0.481 e. The molecule has 0 saturated heterocycles. The van der Waals surface area contributed by atoms with E-state index in [1.54, 1.807) is 27.7 Å². The van der Waals surface area contributed by atoms with Crippen molar-refractivity contribution < 1.29 is 30.0 Å². The molecular weight excluding hydrogens is 276 g/mol. The molecule has 4 N–H and O–H groups in total. The van der Waals surface area contributed by atoms with Crippen LogP contribution in [-0.2, 0) is 9.59 Å². The average Bonchev–Trinajstić information content (AvgIpc) is 2.38. The lowest BCUT2D eigenvalue weighted by atomic mass is 9.86. The van der Waals surface area contributed by atoms with Crippen LogP contribution in [0.5, 0.6) is 0 Å². The molecule has 0 radical (unpaired) electrons. The summed E-state index contributed by atoms with van der Waals surface area (Å²) in [5.41, 5.74) is -0.339. The van der Waals surface area contributed by atoms with Crippen molar-refractivity contribution in [2.75, 3.05) is 6.61 Å². The Morgan fingerprint density at radius 1 is 0.952 bits per heavy atom. The molecule has 6 heteroatoms. The number of hydrogen-bond acceptors (Lipinski definition) is 4. The van der Waals surface area contributed by atoms with Crippen LogP contribution in [0.4, 0.5) is 0 Å². The number of carboxylic acid groups (broad SMARTS) is 2. The first-order valence-electron chi connectivity index (χ1n) is 7.07. The lowest BCUT2D eigenvalue weighted by Crippen LogP contribution is -2.31. The summed E-state index contributed by atoms with van der Waals surface area (Å²) in [6.45, 7) is 12.2. The quantitative estimate of drug-likeness (QED) is 0.619. The van der Waals surface area contributed by atoms with Crippen LogP contribution in [0.1, 0.15) is 54.9 Å². The number of rotatable bonds is 5. The van der Waals surface area contributed by atoms with Gasteiger partial charge in [-0.3, -0.25) is 9.59 Å². The third-order valence-electron chi connectivity index (χ3n) is 2.68. The lowest BCUT2D eigenvalue weighted by Gasteiger charge is -2.26. The van der Waals surface area contributed by atoms with Gasteiger partial charge in [0.2, 0.25) is 0 Å². The summed E-state index contributed by atoms with van der Waals surface area (Å²) in [6.07, 6.45) is 0.315. The van der Waals surface area contributed by atoms with E-state index in [0.717, 1.165) is 0 Å². The van der Waals surface area contributed by atoms with Crippen LogP contribution in [-0.4, -0.2) is 45.1 Å². The Hall–Kier alpha value is -1.14. The molecule has 0 aliphatic heterocycles. The third kappa shape index (κ3) is 16.8. The molecule has 1 atom stereocenters. The van der Waals surface area contributed by atoms with E-state index in [4.69, 9.17) is 15.3 Å². The van der Waals surface area contributed by atoms with Gasteiger partial charge in [0.15, 0.2) is 0 Å². The van der Waals surface area contributed by atoms with E-state index in [0.29, 0.717) is 6.42 Å². The summed E-state index contributed by atoms with van der Waals surface area (Å²) in [6, 6.07) is 0. The molecular formula is C15H32O6. The van der Waals surface area contributed by atoms with Gasteiger partial charge >= 0.3 is 11.9 Å². The van der Waals surface area contributed by atoms with Crippen molar-refractivity contribution in [3.05, 3.63) is 0 Å². The zero-order valence-corrected chi connectivity index (χ0v) is 14.3. The van der Waals surface area contributed by atoms with Crippen molar-refractivity contribution in [3.8, 4) is 0 Å². The maximum absolute atomic E-state index is 9.70. The minimum absolute atomic E-state index is 0.0437. The number of aliphatic hydroxyl groups excluding tert-OH is 2. The van der Waals surface area contributed by atoms with E-state index >= 15 is 0 Å². The molecule has 6 nitrogen and oxygen atoms in total. The molecule has 128 valence electrons. The fraction of sp³-hybridized carbons (Fsp3) is 0.867. The molecule has 0 heterocycles. The largest absolute Gasteiger partial charge is 0.481 e. The Labute approximate surface area is 127 Å². The molecule has 0 aromatic rings. The second-order valence-corrected chi connectivity index (χ2v) is 6.06. The van der Waals surface area contributed by atoms with E-state index in [1.807, 2.05) is 20.8 Å². The van der Waals surface area contributed by atoms with Gasteiger partial charge in [0.25, 0.3) is 0 Å². The fourth-order valence-corrected chi connectivity index (χ4v) is 0.658. The second kappa shape index (κ2) is 12.6. The van der Waals surface area contributed by atoms with Crippen molar-refractivity contribution in [2.45, 2.75) is 61.0 Å². The maximum atomic E-state index is 9.70. The molecule has 0 rings (SSSR count). The van der Waals surface area contributed by atoms with E-state index in [1.165, 1.54) is 0 Å². The van der Waals surface area contributed by atoms with Crippen molar-refractivity contribution in [2.24, 2.45) is 17.3 Å². The zero-order valence-electron chi connectivity index (χ0n) is 14.3. The summed E-state index contributed by atoms with van der Waals surface area (Å²) < 4.78 is 0. The predicted octanol–water partition coefficient (Wildman–Crippen LogP) is 2.23. The van der Waals surface area contributed by atoms with Crippen molar-refractivity contribution in [1.29, 1.82) is 0 Å². The standard InChI is InChI=1S/C7H16O2.2C4H8O2/c1-4-6(9)7(2,3)5-8;2*1-3(2)4(5)6/h6,8-9H,4-5H2,1-3H3;2*3H,1-2H3,(H,5,6). The molecule has 0 spiro atoms. The van der Waals surface area contributed by atoms with Crippen molar-refractivity contribution in [3.63, 3.8) is 0 Å². The number of hydrogen-bond donors (Lipinski definition) is 4. The number of carbonyl (C=O) groups is 2. The first-order valence-corrected chi connectivity index (χ1v) is 7.07. The Bertz CT molecular complexity index is 266. The molecule has 1 unspecified atom stereocenters. The minimum atomic E-state index is -0.741. The van der Waals surface area contributed by atoms with E-state index < -0.39 is 11.9 Å². The molecule has 0 saturated carbocycles. The molecule has 0 aromatic heterocycles. The SMILES string of the molecule is CC(C)C(=O)O.CC(C)C(=O)O.CCC(O)C(C)(C)CO. The Morgan fingerprint density at radius 2 is 1.19 bits per heavy atom. The first-order chi connectivity index (χ1) is 9.33. The van der Waals surface area contributed by atoms with Gasteiger partial charge < -0.3 is 20.4 Å². The van der Waals surface area contributed by atoms with Gasteiger partial charge in [-0.2, -0.15) is 0 Å². The van der Waals surface area contributed by atoms with E-state index in [2.05, 4.69) is 0 Å². The van der Waals surface area contributed by atoms with Crippen LogP contribution >= 0.6 is 0 Å². The molecule has 21 heavy (non-hydrogen) atoms. The van der Waals surface area contributed by atoms with Gasteiger partial charge in [-0.25, -0.2) is 0 Å². The summed E-state index contributed by atoms with van der Waals surface area (Å²) in [4.78, 5) is 19.4. The topological polar surface area (TPSA) is 115 Å². The molecule has 0 bridgehead atoms. The second-order valence-electron chi connectivity index (χ2n) is 6.06. The van der Waals surface area contributed by atoms with Crippen LogP contribution in [0.25, 0.3) is 0 Å². The van der Waals surface area contributed by atoms with Gasteiger partial charge in [0.1, 0.15) is 0 Å². The van der Waals surface area contributed by atoms with Crippen molar-refractivity contribution in [1.82, 2.24) is 0 Å². The molecule has 0 aromatic carbocycles. The highest BCUT2D eigenvalue weighted by Crippen LogP contribution is 2.21. The van der Waals surface area contributed by atoms with E-state index in [-0.39, 0.29) is 30.0 Å². The van der Waals surface area contributed by atoms with E-state index in [9.17, 15) is 14.7 Å². The highest BCUT2D eigenvalue weighted by molar-refractivity contribution is 5.69. The predicted molar refractivity (Wildman–Crippen MR) is 82.1 cm³/mol. The summed E-state index contributed by atoms with van der Waals surface area (Å²) in [5.74, 6) is -1.94. The highest BCUT2D eigenvalue weighted by Gasteiger charge is 2.24. The number of aliphatic hydroxyl groups is 2. The van der Waals surface area contributed by atoms with Crippen molar-refractivity contribution >= 4 is 11.9 Å². The van der Waals surface area contributed by atoms with Crippen LogP contribution in [0.3, 0.4) is 0 Å². The lowest BCUT2D eigenvalue weighted by molar-refractivity contribution is -0.141. The number of carboxylic acids is 2. The van der Waals surface area contributed by atoms with Crippen LogP contribution < -0.4 is 0 Å². The normalized spacial score (nSPS) is 12.0. The molecule has 0 amide bonds. The summed E-state index contributed by atoms with van der Waals surface area (Å²) in [7, 11) is 0. The van der Waals surface area contributed by atoms with Crippen LogP contribution in [0.15, 0.2) is 0 Å². The van der Waals surface area contributed by atoms with Gasteiger partial charge in [-0.05, 0) is 6.42 Å².